The highest BCUT2D eigenvalue weighted by molar-refractivity contribution is 7.93. The molecule has 0 spiro atoms. The first-order chi connectivity index (χ1) is 9.36. The number of nitrogens with zero attached hydrogens (tertiary/aromatic N) is 1. The van der Waals surface area contributed by atoms with Crippen molar-refractivity contribution >= 4 is 20.1 Å². The maximum atomic E-state index is 12.9. The van der Waals surface area contributed by atoms with E-state index in [1.807, 2.05) is 0 Å². The van der Waals surface area contributed by atoms with Gasteiger partial charge in [0.1, 0.15) is 9.49 Å². The second-order valence-corrected chi connectivity index (χ2v) is 11.1. The summed E-state index contributed by atoms with van der Waals surface area (Å²) in [7, 11) is -8.35. The zero-order chi connectivity index (χ0) is 16.5. The van der Waals surface area contributed by atoms with Gasteiger partial charge in [0.25, 0.3) is 10.1 Å². The van der Waals surface area contributed by atoms with Crippen LogP contribution in [0.25, 0.3) is 0 Å². The molecule has 21 heavy (non-hydrogen) atoms. The summed E-state index contributed by atoms with van der Waals surface area (Å²) in [5.41, 5.74) is 0. The fourth-order valence-corrected chi connectivity index (χ4v) is 5.66. The number of hydrogen-bond donors (Lipinski definition) is 1. The molecular formula is C13H27NO5S2. The van der Waals surface area contributed by atoms with Crippen LogP contribution in [-0.2, 0) is 20.1 Å². The Hall–Kier alpha value is -0.180. The number of rotatable bonds is 4. The SMILES string of the molecule is CC(C)(C(C)(C)S(=O)(=O)N1CCCCCCC1)S(=O)(=O)O. The van der Waals surface area contributed by atoms with E-state index >= 15 is 0 Å². The van der Waals surface area contributed by atoms with Crippen LogP contribution in [0.4, 0.5) is 0 Å². The van der Waals surface area contributed by atoms with Gasteiger partial charge in [-0.05, 0) is 40.5 Å². The minimum atomic E-state index is -4.50. The summed E-state index contributed by atoms with van der Waals surface area (Å²) in [4.78, 5) is 0. The molecule has 126 valence electrons. The smallest absolute Gasteiger partial charge is 0.271 e. The molecule has 1 fully saturated rings. The number of hydrogen-bond acceptors (Lipinski definition) is 4. The van der Waals surface area contributed by atoms with Crippen LogP contribution in [-0.4, -0.2) is 48.3 Å². The second kappa shape index (κ2) is 6.14. The van der Waals surface area contributed by atoms with Gasteiger partial charge in [0, 0.05) is 13.1 Å². The Morgan fingerprint density at radius 2 is 1.14 bits per heavy atom. The molecule has 0 atom stereocenters. The molecule has 0 radical (unpaired) electrons. The quantitative estimate of drug-likeness (QED) is 0.790. The van der Waals surface area contributed by atoms with E-state index in [1.54, 1.807) is 0 Å². The van der Waals surface area contributed by atoms with Crippen LogP contribution in [0, 0.1) is 0 Å². The molecule has 1 aliphatic heterocycles. The molecule has 6 nitrogen and oxygen atoms in total. The zero-order valence-electron chi connectivity index (χ0n) is 13.3. The first-order valence-electron chi connectivity index (χ1n) is 7.32. The summed E-state index contributed by atoms with van der Waals surface area (Å²) < 4.78 is 56.5. The zero-order valence-corrected chi connectivity index (χ0v) is 14.9. The summed E-state index contributed by atoms with van der Waals surface area (Å²) in [5.74, 6) is 0. The Bertz CT molecular complexity index is 555. The lowest BCUT2D eigenvalue weighted by atomic mass is 9.98. The van der Waals surface area contributed by atoms with Crippen molar-refractivity contribution in [2.75, 3.05) is 13.1 Å². The molecule has 0 aromatic heterocycles. The normalized spacial score (nSPS) is 20.8. The van der Waals surface area contributed by atoms with E-state index < -0.39 is 29.6 Å². The molecule has 1 aliphatic rings. The molecule has 1 rings (SSSR count). The Morgan fingerprint density at radius 3 is 1.52 bits per heavy atom. The molecule has 0 bridgehead atoms. The largest absolute Gasteiger partial charge is 0.285 e. The summed E-state index contributed by atoms with van der Waals surface area (Å²) in [6.45, 7) is 6.07. The Morgan fingerprint density at radius 1 is 0.762 bits per heavy atom. The third kappa shape index (κ3) is 3.43. The molecule has 8 heteroatoms. The third-order valence-electron chi connectivity index (χ3n) is 4.89. The van der Waals surface area contributed by atoms with Crippen LogP contribution >= 0.6 is 0 Å². The van der Waals surface area contributed by atoms with Crippen molar-refractivity contribution in [1.29, 1.82) is 0 Å². The lowest BCUT2D eigenvalue weighted by Gasteiger charge is -2.41. The molecule has 0 aliphatic carbocycles. The molecule has 1 heterocycles. The van der Waals surface area contributed by atoms with E-state index in [2.05, 4.69) is 0 Å². The molecule has 0 amide bonds. The van der Waals surface area contributed by atoms with Gasteiger partial charge in [-0.2, -0.15) is 8.42 Å². The van der Waals surface area contributed by atoms with Gasteiger partial charge >= 0.3 is 0 Å². The highest BCUT2D eigenvalue weighted by atomic mass is 32.2. The fraction of sp³-hybridized carbons (Fsp3) is 1.00. The second-order valence-electron chi connectivity index (χ2n) is 6.67. The first kappa shape index (κ1) is 18.9. The number of sulfonamides is 1. The van der Waals surface area contributed by atoms with Crippen molar-refractivity contribution in [2.24, 2.45) is 0 Å². The van der Waals surface area contributed by atoms with Crippen LogP contribution in [0.1, 0.15) is 59.8 Å². The van der Waals surface area contributed by atoms with E-state index in [-0.39, 0.29) is 0 Å². The maximum Gasteiger partial charge on any atom is 0.271 e. The van der Waals surface area contributed by atoms with Crippen LogP contribution in [0.2, 0.25) is 0 Å². The molecule has 0 saturated carbocycles. The lowest BCUT2D eigenvalue weighted by Crippen LogP contribution is -2.60. The van der Waals surface area contributed by atoms with Gasteiger partial charge in [-0.25, -0.2) is 12.7 Å². The molecule has 0 aromatic carbocycles. The van der Waals surface area contributed by atoms with Gasteiger partial charge in [-0.3, -0.25) is 4.55 Å². The van der Waals surface area contributed by atoms with Crippen LogP contribution < -0.4 is 0 Å². The van der Waals surface area contributed by atoms with Crippen LogP contribution in [0.3, 0.4) is 0 Å². The monoisotopic (exact) mass is 341 g/mol. The lowest BCUT2D eigenvalue weighted by molar-refractivity contribution is 0.333. The highest BCUT2D eigenvalue weighted by Gasteiger charge is 2.56. The molecule has 1 N–H and O–H groups in total. The van der Waals surface area contributed by atoms with Crippen molar-refractivity contribution in [2.45, 2.75) is 69.3 Å². The van der Waals surface area contributed by atoms with Gasteiger partial charge in [-0.1, -0.05) is 19.3 Å². The fourth-order valence-electron chi connectivity index (χ4n) is 2.40. The van der Waals surface area contributed by atoms with Gasteiger partial charge in [0.15, 0.2) is 0 Å². The van der Waals surface area contributed by atoms with E-state index in [1.165, 1.54) is 32.0 Å². The van der Waals surface area contributed by atoms with Gasteiger partial charge in [-0.15, -0.1) is 0 Å². The van der Waals surface area contributed by atoms with Crippen molar-refractivity contribution in [3.63, 3.8) is 0 Å². The van der Waals surface area contributed by atoms with Gasteiger partial charge < -0.3 is 0 Å². The van der Waals surface area contributed by atoms with Gasteiger partial charge in [0.05, 0.1) is 0 Å². The summed E-state index contributed by atoms with van der Waals surface area (Å²) in [6.07, 6.45) is 4.62. The standard InChI is InChI=1S/C13H27NO5S2/c1-12(2,13(3,4)21(17,18)19)20(15,16)14-10-8-6-5-7-9-11-14/h5-11H2,1-4H3,(H,17,18,19). The van der Waals surface area contributed by atoms with E-state index in [0.29, 0.717) is 13.1 Å². The summed E-state index contributed by atoms with van der Waals surface area (Å²) in [6, 6.07) is 0. The Balaban J connectivity index is 3.20. The van der Waals surface area contributed by atoms with Crippen LogP contribution in [0.15, 0.2) is 0 Å². The highest BCUT2D eigenvalue weighted by Crippen LogP contribution is 2.38. The predicted octanol–water partition coefficient (Wildman–Crippen LogP) is 2.03. The summed E-state index contributed by atoms with van der Waals surface area (Å²) in [5, 5.41) is 0. The van der Waals surface area contributed by atoms with E-state index in [0.717, 1.165) is 32.1 Å². The van der Waals surface area contributed by atoms with E-state index in [4.69, 9.17) is 0 Å². The van der Waals surface area contributed by atoms with Crippen molar-refractivity contribution < 1.29 is 21.4 Å². The maximum absolute atomic E-state index is 12.9. The Labute approximate surface area is 128 Å². The van der Waals surface area contributed by atoms with Crippen LogP contribution in [0.5, 0.6) is 0 Å². The molecule has 0 aromatic rings. The van der Waals surface area contributed by atoms with Crippen molar-refractivity contribution in [3.8, 4) is 0 Å². The third-order valence-corrected chi connectivity index (χ3v) is 9.67. The molecular weight excluding hydrogens is 314 g/mol. The average Bonchev–Trinajstić information content (AvgIpc) is 2.25. The minimum absolute atomic E-state index is 0.410. The first-order valence-corrected chi connectivity index (χ1v) is 10.2. The van der Waals surface area contributed by atoms with E-state index in [9.17, 15) is 21.4 Å². The van der Waals surface area contributed by atoms with Crippen molar-refractivity contribution in [1.82, 2.24) is 4.31 Å². The van der Waals surface area contributed by atoms with Gasteiger partial charge in [0.2, 0.25) is 10.0 Å². The summed E-state index contributed by atoms with van der Waals surface area (Å²) >= 11 is 0. The molecule has 0 unspecified atom stereocenters. The van der Waals surface area contributed by atoms with Crippen molar-refractivity contribution in [3.05, 3.63) is 0 Å². The minimum Gasteiger partial charge on any atom is -0.285 e. The average molecular weight is 341 g/mol. The molecule has 1 saturated heterocycles. The topological polar surface area (TPSA) is 91.8 Å². The predicted molar refractivity (Wildman–Crippen MR) is 83.3 cm³/mol. The Kier molecular flexibility index (Phi) is 5.51.